The van der Waals surface area contributed by atoms with Gasteiger partial charge in [0.15, 0.2) is 0 Å². The molecule has 1 nitrogen and oxygen atoms in total. The molecule has 13 rings (SSSR count). The van der Waals surface area contributed by atoms with Gasteiger partial charge in [-0.3, -0.25) is 0 Å². The van der Waals surface area contributed by atoms with Crippen LogP contribution in [0.3, 0.4) is 0 Å². The van der Waals surface area contributed by atoms with Crippen molar-refractivity contribution >= 4 is 17.1 Å². The van der Waals surface area contributed by atoms with Crippen LogP contribution >= 0.6 is 0 Å². The predicted molar refractivity (Wildman–Crippen MR) is 233 cm³/mol. The third-order valence-corrected chi connectivity index (χ3v) is 15.1. The summed E-state index contributed by atoms with van der Waals surface area (Å²) in [5.74, 6) is 3.26. The maximum absolute atomic E-state index is 2.64. The average Bonchev–Trinajstić information content (AvgIpc) is 3.66. The Morgan fingerprint density at radius 3 is 1.75 bits per heavy atom. The molecule has 4 bridgehead atoms. The van der Waals surface area contributed by atoms with E-state index in [9.17, 15) is 0 Å². The molecule has 0 saturated heterocycles. The van der Waals surface area contributed by atoms with Crippen molar-refractivity contribution in [3.63, 3.8) is 0 Å². The van der Waals surface area contributed by atoms with E-state index in [1.807, 2.05) is 0 Å². The van der Waals surface area contributed by atoms with Gasteiger partial charge in [-0.1, -0.05) is 147 Å². The van der Waals surface area contributed by atoms with Crippen LogP contribution in [0, 0.1) is 23.7 Å². The van der Waals surface area contributed by atoms with Crippen LogP contribution in [0.25, 0.3) is 44.5 Å². The van der Waals surface area contributed by atoms with Gasteiger partial charge in [-0.15, -0.1) is 0 Å². The molecule has 0 amide bonds. The molecule has 7 aromatic carbocycles. The molecule has 7 aromatic rings. The third-order valence-electron chi connectivity index (χ3n) is 15.1. The number of hydrogen-bond donors (Lipinski definition) is 0. The van der Waals surface area contributed by atoms with Crippen molar-refractivity contribution in [2.45, 2.75) is 56.8 Å². The monoisotopic (exact) mass is 721 g/mol. The van der Waals surface area contributed by atoms with Crippen molar-refractivity contribution in [2.24, 2.45) is 23.7 Å². The molecule has 1 spiro atoms. The molecule has 0 aromatic heterocycles. The van der Waals surface area contributed by atoms with Gasteiger partial charge in [0, 0.05) is 27.6 Å². The molecular weight excluding hydrogens is 675 g/mol. The number of fused-ring (bicyclic) bond motifs is 6. The summed E-state index contributed by atoms with van der Waals surface area (Å²) in [5, 5.41) is 0. The first-order valence-corrected chi connectivity index (χ1v) is 21.0. The standard InChI is InChI=1S/C55H47N/c1-54(2)47-20-11-9-18-43(47)44-26-25-42(34-50(44)54)56(51-27-24-39(37-14-5-3-6-15-37)33-46(51)38-16-7-4-8-17-38)52-23-13-22-49-53(52)45-19-10-12-21-48(45)55(49)40-29-35-28-36(31-40)32-41(55)30-35/h3-27,33-36,40-41H,28-32H2,1-2H3. The molecule has 0 heterocycles. The highest BCUT2D eigenvalue weighted by Gasteiger charge is 2.62. The summed E-state index contributed by atoms with van der Waals surface area (Å²) in [7, 11) is 0. The molecule has 0 unspecified atom stereocenters. The zero-order chi connectivity index (χ0) is 37.2. The van der Waals surface area contributed by atoms with Crippen molar-refractivity contribution in [1.82, 2.24) is 0 Å². The van der Waals surface area contributed by atoms with E-state index >= 15 is 0 Å². The van der Waals surface area contributed by atoms with Gasteiger partial charge in [-0.05, 0) is 142 Å². The minimum Gasteiger partial charge on any atom is -0.309 e. The molecule has 0 aliphatic heterocycles. The Balaban J connectivity index is 1.14. The minimum atomic E-state index is -0.108. The first-order valence-electron chi connectivity index (χ1n) is 21.0. The predicted octanol–water partition coefficient (Wildman–Crippen LogP) is 14.5. The van der Waals surface area contributed by atoms with Gasteiger partial charge < -0.3 is 4.90 Å². The lowest BCUT2D eigenvalue weighted by molar-refractivity contribution is -0.0399. The van der Waals surface area contributed by atoms with Gasteiger partial charge in [0.1, 0.15) is 0 Å². The van der Waals surface area contributed by atoms with Crippen LogP contribution in [0.1, 0.15) is 68.2 Å². The number of anilines is 3. The molecule has 4 saturated carbocycles. The van der Waals surface area contributed by atoms with E-state index in [4.69, 9.17) is 0 Å². The largest absolute Gasteiger partial charge is 0.309 e. The summed E-state index contributed by atoms with van der Waals surface area (Å²) in [6.45, 7) is 4.81. The maximum Gasteiger partial charge on any atom is 0.0543 e. The lowest BCUT2D eigenvalue weighted by atomic mass is 9.43. The molecule has 272 valence electrons. The summed E-state index contributed by atoms with van der Waals surface area (Å²) in [4.78, 5) is 2.64. The molecule has 1 heteroatoms. The number of rotatable bonds is 5. The second kappa shape index (κ2) is 11.9. The zero-order valence-corrected chi connectivity index (χ0v) is 32.4. The van der Waals surface area contributed by atoms with Crippen LogP contribution in [0.2, 0.25) is 0 Å². The summed E-state index contributed by atoms with van der Waals surface area (Å²) in [6.07, 6.45) is 7.00. The SMILES string of the molecule is CC1(C)c2ccccc2-c2ccc(N(c3ccc(-c4ccccc4)cc3-c3ccccc3)c3cccc4c3-c3ccccc3C43C4CC5CC(C4)CC3C5)cc21. The molecule has 0 atom stereocenters. The van der Waals surface area contributed by atoms with Crippen LogP contribution in [-0.2, 0) is 10.8 Å². The van der Waals surface area contributed by atoms with Crippen LogP contribution in [-0.4, -0.2) is 0 Å². The molecule has 0 radical (unpaired) electrons. The first-order chi connectivity index (χ1) is 27.5. The number of hydrogen-bond acceptors (Lipinski definition) is 1. The smallest absolute Gasteiger partial charge is 0.0543 e. The lowest BCUT2D eigenvalue weighted by Gasteiger charge is -2.61. The normalized spacial score (nSPS) is 24.1. The van der Waals surface area contributed by atoms with Gasteiger partial charge in [-0.25, -0.2) is 0 Å². The molecule has 0 N–H and O–H groups in total. The summed E-state index contributed by atoms with van der Waals surface area (Å²) in [5.41, 5.74) is 20.3. The molecule has 6 aliphatic carbocycles. The molecule has 56 heavy (non-hydrogen) atoms. The Kier molecular flexibility index (Phi) is 6.93. The van der Waals surface area contributed by atoms with Gasteiger partial charge in [0.25, 0.3) is 0 Å². The summed E-state index contributed by atoms with van der Waals surface area (Å²) >= 11 is 0. The van der Waals surface area contributed by atoms with Gasteiger partial charge in [0.2, 0.25) is 0 Å². The quantitative estimate of drug-likeness (QED) is 0.171. The highest BCUT2D eigenvalue weighted by molar-refractivity contribution is 5.99. The minimum absolute atomic E-state index is 0.0992. The second-order valence-electron chi connectivity index (χ2n) is 18.1. The van der Waals surface area contributed by atoms with Crippen molar-refractivity contribution in [2.75, 3.05) is 4.90 Å². The van der Waals surface area contributed by atoms with E-state index in [-0.39, 0.29) is 10.8 Å². The fraction of sp³-hybridized carbons (Fsp3) is 0.236. The van der Waals surface area contributed by atoms with Gasteiger partial charge in [0.05, 0.1) is 11.4 Å². The van der Waals surface area contributed by atoms with Crippen LogP contribution in [0.4, 0.5) is 17.1 Å². The van der Waals surface area contributed by atoms with Gasteiger partial charge in [-0.2, -0.15) is 0 Å². The Hall–Kier alpha value is -5.66. The topological polar surface area (TPSA) is 3.24 Å². The molecular formula is C55H47N. The van der Waals surface area contributed by atoms with E-state index in [1.54, 1.807) is 11.1 Å². The van der Waals surface area contributed by atoms with Crippen LogP contribution in [0.5, 0.6) is 0 Å². The Labute approximate surface area is 331 Å². The van der Waals surface area contributed by atoms with Gasteiger partial charge >= 0.3 is 0 Å². The maximum atomic E-state index is 2.64. The number of nitrogens with zero attached hydrogens (tertiary/aromatic N) is 1. The Morgan fingerprint density at radius 1 is 0.411 bits per heavy atom. The van der Waals surface area contributed by atoms with Crippen molar-refractivity contribution in [3.8, 4) is 44.5 Å². The zero-order valence-electron chi connectivity index (χ0n) is 32.4. The second-order valence-corrected chi connectivity index (χ2v) is 18.1. The van der Waals surface area contributed by atoms with E-state index in [0.717, 1.165) is 11.8 Å². The van der Waals surface area contributed by atoms with Crippen molar-refractivity contribution in [1.29, 1.82) is 0 Å². The van der Waals surface area contributed by atoms with E-state index < -0.39 is 0 Å². The number of benzene rings is 7. The highest BCUT2D eigenvalue weighted by Crippen LogP contribution is 2.70. The Bertz CT molecular complexity index is 2660. The average molecular weight is 722 g/mol. The van der Waals surface area contributed by atoms with Crippen molar-refractivity contribution in [3.05, 3.63) is 186 Å². The van der Waals surface area contributed by atoms with Crippen LogP contribution in [0.15, 0.2) is 164 Å². The molecule has 6 aliphatic rings. The third kappa shape index (κ3) is 4.43. The highest BCUT2D eigenvalue weighted by atomic mass is 15.1. The summed E-state index contributed by atoms with van der Waals surface area (Å²) in [6, 6.07) is 62.4. The first kappa shape index (κ1) is 32.6. The van der Waals surface area contributed by atoms with Crippen LogP contribution < -0.4 is 4.90 Å². The fourth-order valence-corrected chi connectivity index (χ4v) is 13.0. The van der Waals surface area contributed by atoms with E-state index in [2.05, 4.69) is 183 Å². The van der Waals surface area contributed by atoms with Crippen molar-refractivity contribution < 1.29 is 0 Å². The lowest BCUT2D eigenvalue weighted by Crippen LogP contribution is -2.55. The fourth-order valence-electron chi connectivity index (χ4n) is 13.0. The van der Waals surface area contributed by atoms with E-state index in [0.29, 0.717) is 11.8 Å². The van der Waals surface area contributed by atoms with E-state index in [1.165, 1.54) is 105 Å². The molecule has 4 fully saturated rings. The Morgan fingerprint density at radius 2 is 1.02 bits per heavy atom. The summed E-state index contributed by atoms with van der Waals surface area (Å²) < 4.78 is 0.